The van der Waals surface area contributed by atoms with Gasteiger partial charge in [-0.3, -0.25) is 14.3 Å². The molecule has 0 unspecified atom stereocenters. The van der Waals surface area contributed by atoms with Gasteiger partial charge in [-0.2, -0.15) is 5.10 Å². The molecule has 14 heteroatoms. The maximum absolute atomic E-state index is 14.1. The summed E-state index contributed by atoms with van der Waals surface area (Å²) in [7, 11) is -0.591. The number of hydrogen-bond donors (Lipinski definition) is 0. The Morgan fingerprint density at radius 3 is 2.29 bits per heavy atom. The lowest BCUT2D eigenvalue weighted by molar-refractivity contribution is 0.0392. The number of ether oxygens (including phenoxy) is 3. The minimum atomic E-state index is -1.31. The summed E-state index contributed by atoms with van der Waals surface area (Å²) in [6.45, 7) is 20.5. The molecule has 5 rings (SSSR count). The second-order valence-electron chi connectivity index (χ2n) is 14.9. The van der Waals surface area contributed by atoms with E-state index in [0.717, 1.165) is 62.5 Å². The molecule has 260 valence electrons. The first-order valence-electron chi connectivity index (χ1n) is 17.0. The summed E-state index contributed by atoms with van der Waals surface area (Å²) in [6.07, 6.45) is 1.74. The number of para-hydroxylation sites is 2. The molecule has 48 heavy (non-hydrogen) atoms. The Bertz CT molecular complexity index is 1710. The Morgan fingerprint density at radius 2 is 1.58 bits per heavy atom. The van der Waals surface area contributed by atoms with E-state index >= 15 is 0 Å². The van der Waals surface area contributed by atoms with Crippen molar-refractivity contribution in [2.75, 3.05) is 64.6 Å². The normalized spacial score (nSPS) is 14.6. The molecule has 0 atom stereocenters. The highest BCUT2D eigenvalue weighted by molar-refractivity contribution is 6.76. The molecule has 3 aromatic heterocycles. The Balaban J connectivity index is 1.50. The molecular weight excluding hydrogens is 641 g/mol. The third kappa shape index (κ3) is 9.89. The molecule has 4 heterocycles. The van der Waals surface area contributed by atoms with Crippen LogP contribution < -0.4 is 10.5 Å². The first kappa shape index (κ1) is 36.0. The van der Waals surface area contributed by atoms with E-state index in [0.29, 0.717) is 41.9 Å². The van der Waals surface area contributed by atoms with Crippen LogP contribution in [0, 0.1) is 0 Å². The molecule has 4 aromatic rings. The monoisotopic (exact) mass is 692 g/mol. The van der Waals surface area contributed by atoms with Crippen LogP contribution >= 0.6 is 0 Å². The average Bonchev–Trinajstić information content (AvgIpc) is 3.42. The van der Waals surface area contributed by atoms with E-state index in [1.165, 1.54) is 4.68 Å². The highest BCUT2D eigenvalue weighted by atomic mass is 28.3. The number of rotatable bonds is 16. The highest BCUT2D eigenvalue weighted by Crippen LogP contribution is 2.26. The minimum Gasteiger partial charge on any atom is -0.379 e. The van der Waals surface area contributed by atoms with Gasteiger partial charge in [0.15, 0.2) is 0 Å². The lowest BCUT2D eigenvalue weighted by Crippen LogP contribution is -2.41. The lowest BCUT2D eigenvalue weighted by atomic mass is 10.2. The number of likely N-dealkylation sites (N-methyl/N-ethyl adjacent to an activating group) is 1. The number of nitrogens with zero attached hydrogens (tertiary/aromatic N) is 8. The standard InChI is InChI=1S/C34H52N8O4Si2/c1-39(14-15-40-16-18-44-19-17-40)34-35-13-12-28(37-34)30-24-27(33(43)42(38-30)26-46-21-23-48(5,6)7)32-36-29-10-8-9-11-31(29)41(32)25-45-20-22-47(2,3)4/h8-13,24H,14-23,25-26H2,1-7H3. The van der Waals surface area contributed by atoms with Crippen molar-refractivity contribution in [2.24, 2.45) is 0 Å². The summed E-state index contributed by atoms with van der Waals surface area (Å²) in [5, 5.41) is 4.76. The van der Waals surface area contributed by atoms with Crippen molar-refractivity contribution in [3.63, 3.8) is 0 Å². The van der Waals surface area contributed by atoms with E-state index in [1.807, 2.05) is 46.8 Å². The zero-order chi connectivity index (χ0) is 34.3. The molecule has 1 aliphatic heterocycles. The van der Waals surface area contributed by atoms with E-state index in [2.05, 4.69) is 49.2 Å². The summed E-state index contributed by atoms with van der Waals surface area (Å²) in [4.78, 5) is 33.0. The summed E-state index contributed by atoms with van der Waals surface area (Å²) in [6, 6.07) is 13.6. The second-order valence-corrected chi connectivity index (χ2v) is 26.2. The molecule has 0 amide bonds. The zero-order valence-electron chi connectivity index (χ0n) is 29.7. The van der Waals surface area contributed by atoms with Crippen LogP contribution in [-0.2, 0) is 27.7 Å². The van der Waals surface area contributed by atoms with E-state index in [9.17, 15) is 4.79 Å². The van der Waals surface area contributed by atoms with Gasteiger partial charge in [-0.25, -0.2) is 19.6 Å². The molecule has 0 saturated carbocycles. The van der Waals surface area contributed by atoms with Crippen molar-refractivity contribution in [1.82, 2.24) is 34.2 Å². The third-order valence-corrected chi connectivity index (χ3v) is 11.8. The third-order valence-electron chi connectivity index (χ3n) is 8.40. The van der Waals surface area contributed by atoms with Gasteiger partial charge in [0.1, 0.15) is 25.0 Å². The van der Waals surface area contributed by atoms with Crippen molar-refractivity contribution < 1.29 is 14.2 Å². The fourth-order valence-corrected chi connectivity index (χ4v) is 6.79. The Morgan fingerprint density at radius 1 is 0.896 bits per heavy atom. The van der Waals surface area contributed by atoms with E-state index in [-0.39, 0.29) is 19.0 Å². The number of imidazole rings is 1. The topological polar surface area (TPSA) is 113 Å². The van der Waals surface area contributed by atoms with Crippen molar-refractivity contribution in [3.8, 4) is 22.8 Å². The smallest absolute Gasteiger partial charge is 0.280 e. The van der Waals surface area contributed by atoms with E-state index in [1.54, 1.807) is 12.3 Å². The molecule has 0 N–H and O–H groups in total. The number of anilines is 1. The van der Waals surface area contributed by atoms with Gasteiger partial charge in [0.25, 0.3) is 5.56 Å². The van der Waals surface area contributed by atoms with Crippen LogP contribution in [0.3, 0.4) is 0 Å². The maximum Gasteiger partial charge on any atom is 0.280 e. The predicted octanol–water partition coefficient (Wildman–Crippen LogP) is 5.11. The molecule has 1 saturated heterocycles. The number of hydrogen-bond acceptors (Lipinski definition) is 10. The second kappa shape index (κ2) is 16.0. The Kier molecular flexibility index (Phi) is 12.0. The molecule has 0 radical (unpaired) electrons. The average molecular weight is 693 g/mol. The minimum absolute atomic E-state index is 0.0362. The van der Waals surface area contributed by atoms with Gasteiger partial charge in [0, 0.05) is 68.8 Å². The van der Waals surface area contributed by atoms with Crippen LogP contribution in [0.2, 0.25) is 51.4 Å². The Hall–Kier alpha value is -3.28. The van der Waals surface area contributed by atoms with Crippen LogP contribution in [-0.4, -0.2) is 110 Å². The van der Waals surface area contributed by atoms with Crippen LogP contribution in [0.15, 0.2) is 47.4 Å². The fraction of sp³-hybridized carbons (Fsp3) is 0.559. The number of benzene rings is 1. The SMILES string of the molecule is CN(CCN1CCOCC1)c1nccc(-c2cc(-c3nc4ccccc4n3COCC[Si](C)(C)C)c(=O)n(COCC[Si](C)(C)C)n2)n1. The molecule has 1 fully saturated rings. The molecule has 0 aliphatic carbocycles. The maximum atomic E-state index is 14.1. The van der Waals surface area contributed by atoms with E-state index in [4.69, 9.17) is 29.3 Å². The summed E-state index contributed by atoms with van der Waals surface area (Å²) in [5.41, 5.74) is 3.00. The van der Waals surface area contributed by atoms with Crippen LogP contribution in [0.4, 0.5) is 5.95 Å². The summed E-state index contributed by atoms with van der Waals surface area (Å²) >= 11 is 0. The highest BCUT2D eigenvalue weighted by Gasteiger charge is 2.22. The molecule has 0 spiro atoms. The number of fused-ring (bicyclic) bond motifs is 1. The quantitative estimate of drug-likeness (QED) is 0.116. The van der Waals surface area contributed by atoms with Crippen molar-refractivity contribution >= 4 is 33.1 Å². The summed E-state index contributed by atoms with van der Waals surface area (Å²) < 4.78 is 21.1. The molecular formula is C34H52N8O4Si2. The van der Waals surface area contributed by atoms with Gasteiger partial charge in [0.05, 0.1) is 35.5 Å². The number of aromatic nitrogens is 6. The lowest BCUT2D eigenvalue weighted by Gasteiger charge is -2.28. The van der Waals surface area contributed by atoms with Crippen molar-refractivity contribution in [1.29, 1.82) is 0 Å². The molecule has 1 aromatic carbocycles. The molecule has 1 aliphatic rings. The molecule has 0 bridgehead atoms. The van der Waals surface area contributed by atoms with Crippen molar-refractivity contribution in [2.45, 2.75) is 64.8 Å². The van der Waals surface area contributed by atoms with Crippen molar-refractivity contribution in [3.05, 3.63) is 52.9 Å². The zero-order valence-corrected chi connectivity index (χ0v) is 31.7. The Labute approximate surface area is 286 Å². The first-order chi connectivity index (χ1) is 22.9. The van der Waals surface area contributed by atoms with Crippen LogP contribution in [0.25, 0.3) is 33.8 Å². The first-order valence-corrected chi connectivity index (χ1v) is 24.4. The predicted molar refractivity (Wildman–Crippen MR) is 197 cm³/mol. The largest absolute Gasteiger partial charge is 0.379 e. The van der Waals surface area contributed by atoms with Gasteiger partial charge < -0.3 is 19.1 Å². The van der Waals surface area contributed by atoms with Gasteiger partial charge in [-0.1, -0.05) is 51.4 Å². The summed E-state index contributed by atoms with van der Waals surface area (Å²) in [5.74, 6) is 1.13. The van der Waals surface area contributed by atoms with E-state index < -0.39 is 16.1 Å². The molecule has 12 nitrogen and oxygen atoms in total. The fourth-order valence-electron chi connectivity index (χ4n) is 5.28. The van der Waals surface area contributed by atoms with Gasteiger partial charge in [-0.15, -0.1) is 0 Å². The van der Waals surface area contributed by atoms with Gasteiger partial charge in [0.2, 0.25) is 5.95 Å². The number of morpholine rings is 1. The van der Waals surface area contributed by atoms with Gasteiger partial charge in [-0.05, 0) is 36.4 Å². The van der Waals surface area contributed by atoms with Crippen LogP contribution in [0.5, 0.6) is 0 Å². The van der Waals surface area contributed by atoms with Crippen LogP contribution in [0.1, 0.15) is 0 Å². The van der Waals surface area contributed by atoms with Gasteiger partial charge >= 0.3 is 0 Å².